The molecule has 2 bridgehead atoms. The Morgan fingerprint density at radius 3 is 2.33 bits per heavy atom. The standard InChI is InChI=1S/C12H14O2.C7H10/c1-3-10-4-5-11(9(2)8-10)6-7-12(13)14;1-2-7-4-3-6(1)5-7/h4-8H,3H2,1-2H3,(H,13,14);1-2,6-7H,3-5H2. The lowest BCUT2D eigenvalue weighted by molar-refractivity contribution is -0.131. The molecule has 0 heterocycles. The lowest BCUT2D eigenvalue weighted by Gasteiger charge is -2.02. The maximum Gasteiger partial charge on any atom is 0.328 e. The van der Waals surface area contributed by atoms with E-state index < -0.39 is 5.97 Å². The minimum absolute atomic E-state index is 0.913. The van der Waals surface area contributed by atoms with E-state index in [0.717, 1.165) is 35.5 Å². The van der Waals surface area contributed by atoms with E-state index in [1.807, 2.05) is 19.1 Å². The van der Waals surface area contributed by atoms with Crippen molar-refractivity contribution in [2.75, 3.05) is 0 Å². The van der Waals surface area contributed by atoms with Crippen molar-refractivity contribution < 1.29 is 9.90 Å². The Morgan fingerprint density at radius 1 is 1.29 bits per heavy atom. The summed E-state index contributed by atoms with van der Waals surface area (Å²) in [6.07, 6.45) is 13.0. The Kier molecular flexibility index (Phi) is 5.38. The molecule has 2 unspecified atom stereocenters. The summed E-state index contributed by atoms with van der Waals surface area (Å²) < 4.78 is 0. The Labute approximate surface area is 127 Å². The van der Waals surface area contributed by atoms with Crippen LogP contribution in [0.25, 0.3) is 6.08 Å². The second-order valence-electron chi connectivity index (χ2n) is 5.93. The number of benzene rings is 1. The predicted octanol–water partition coefficient (Wildman–Crippen LogP) is 4.63. The molecule has 0 spiro atoms. The van der Waals surface area contributed by atoms with E-state index in [2.05, 4.69) is 25.1 Å². The number of allylic oxidation sites excluding steroid dienone is 2. The molecule has 1 N–H and O–H groups in total. The van der Waals surface area contributed by atoms with Crippen LogP contribution in [0.5, 0.6) is 0 Å². The van der Waals surface area contributed by atoms with Crippen LogP contribution >= 0.6 is 0 Å². The van der Waals surface area contributed by atoms with Crippen molar-refractivity contribution in [3.05, 3.63) is 53.1 Å². The van der Waals surface area contributed by atoms with E-state index in [0.29, 0.717) is 0 Å². The molecule has 112 valence electrons. The number of fused-ring (bicyclic) bond motifs is 2. The van der Waals surface area contributed by atoms with Crippen LogP contribution in [0, 0.1) is 18.8 Å². The zero-order valence-corrected chi connectivity index (χ0v) is 12.9. The minimum atomic E-state index is -0.913. The smallest absolute Gasteiger partial charge is 0.328 e. The molecule has 0 amide bonds. The number of rotatable bonds is 3. The molecular formula is C19H24O2. The van der Waals surface area contributed by atoms with Crippen molar-refractivity contribution in [3.8, 4) is 0 Å². The van der Waals surface area contributed by atoms with Crippen LogP contribution in [0.4, 0.5) is 0 Å². The van der Waals surface area contributed by atoms with E-state index in [9.17, 15) is 4.79 Å². The summed E-state index contributed by atoms with van der Waals surface area (Å²) in [6, 6.07) is 6.06. The summed E-state index contributed by atoms with van der Waals surface area (Å²) in [4.78, 5) is 10.3. The van der Waals surface area contributed by atoms with Gasteiger partial charge in [-0.1, -0.05) is 37.3 Å². The number of carboxylic acid groups (broad SMARTS) is 1. The van der Waals surface area contributed by atoms with E-state index in [1.165, 1.54) is 24.8 Å². The van der Waals surface area contributed by atoms with Gasteiger partial charge in [-0.2, -0.15) is 0 Å². The molecule has 0 saturated heterocycles. The van der Waals surface area contributed by atoms with Crippen LogP contribution in [0.2, 0.25) is 0 Å². The van der Waals surface area contributed by atoms with Crippen molar-refractivity contribution in [2.24, 2.45) is 11.8 Å². The Balaban J connectivity index is 0.000000189. The molecule has 0 aliphatic heterocycles. The molecule has 21 heavy (non-hydrogen) atoms. The molecule has 1 saturated carbocycles. The third-order valence-corrected chi connectivity index (χ3v) is 4.32. The number of aliphatic carboxylic acids is 1. The topological polar surface area (TPSA) is 37.3 Å². The molecule has 3 rings (SSSR count). The molecule has 2 aliphatic carbocycles. The monoisotopic (exact) mass is 284 g/mol. The van der Waals surface area contributed by atoms with Crippen LogP contribution in [0.15, 0.2) is 36.4 Å². The van der Waals surface area contributed by atoms with Gasteiger partial charge in [-0.3, -0.25) is 0 Å². The highest BCUT2D eigenvalue weighted by Crippen LogP contribution is 2.38. The summed E-state index contributed by atoms with van der Waals surface area (Å²) in [5.74, 6) is 1.07. The minimum Gasteiger partial charge on any atom is -0.478 e. The van der Waals surface area contributed by atoms with E-state index in [-0.39, 0.29) is 0 Å². The SMILES string of the molecule is C1=CC2CCC1C2.CCc1ccc(C=CC(=O)O)c(C)c1. The van der Waals surface area contributed by atoms with Crippen molar-refractivity contribution in [1.82, 2.24) is 0 Å². The molecule has 0 aromatic heterocycles. The Bertz CT molecular complexity index is 543. The number of aryl methyl sites for hydroxylation is 2. The van der Waals surface area contributed by atoms with Gasteiger partial charge >= 0.3 is 5.97 Å². The fourth-order valence-corrected chi connectivity index (χ4v) is 3.02. The molecule has 0 radical (unpaired) electrons. The zero-order chi connectivity index (χ0) is 15.2. The molecule has 2 nitrogen and oxygen atoms in total. The molecule has 1 aromatic carbocycles. The third kappa shape index (κ3) is 4.59. The van der Waals surface area contributed by atoms with Crippen LogP contribution in [0.1, 0.15) is 42.9 Å². The van der Waals surface area contributed by atoms with Gasteiger partial charge in [0, 0.05) is 6.08 Å². The summed E-state index contributed by atoms with van der Waals surface area (Å²) in [6.45, 7) is 4.09. The Morgan fingerprint density at radius 2 is 1.95 bits per heavy atom. The second-order valence-corrected chi connectivity index (χ2v) is 5.93. The summed E-state index contributed by atoms with van der Waals surface area (Å²) >= 11 is 0. The third-order valence-electron chi connectivity index (χ3n) is 4.32. The fraction of sp³-hybridized carbons (Fsp3) is 0.421. The van der Waals surface area contributed by atoms with Gasteiger partial charge in [0.25, 0.3) is 0 Å². The summed E-state index contributed by atoms with van der Waals surface area (Å²) in [7, 11) is 0. The summed E-state index contributed by atoms with van der Waals surface area (Å²) in [5, 5.41) is 8.48. The number of hydrogen-bond acceptors (Lipinski definition) is 1. The number of hydrogen-bond donors (Lipinski definition) is 1. The van der Waals surface area contributed by atoms with E-state index >= 15 is 0 Å². The second kappa shape index (κ2) is 7.26. The highest BCUT2D eigenvalue weighted by Gasteiger charge is 2.25. The van der Waals surface area contributed by atoms with Crippen molar-refractivity contribution in [3.63, 3.8) is 0 Å². The van der Waals surface area contributed by atoms with Crippen LogP contribution in [-0.2, 0) is 11.2 Å². The first-order chi connectivity index (χ1) is 10.1. The van der Waals surface area contributed by atoms with Crippen LogP contribution in [0.3, 0.4) is 0 Å². The van der Waals surface area contributed by atoms with Gasteiger partial charge in [0.2, 0.25) is 0 Å². The van der Waals surface area contributed by atoms with Gasteiger partial charge in [0.1, 0.15) is 0 Å². The maximum atomic E-state index is 10.3. The van der Waals surface area contributed by atoms with Crippen molar-refractivity contribution in [2.45, 2.75) is 39.5 Å². The Hall–Kier alpha value is -1.83. The average Bonchev–Trinajstić information content (AvgIpc) is 3.11. The molecule has 2 atom stereocenters. The first-order valence-electron chi connectivity index (χ1n) is 7.77. The number of carbonyl (C=O) groups is 1. The normalized spacial score (nSPS) is 22.4. The van der Waals surface area contributed by atoms with Gasteiger partial charge in [0.15, 0.2) is 0 Å². The van der Waals surface area contributed by atoms with E-state index in [1.54, 1.807) is 6.08 Å². The summed E-state index contributed by atoms with van der Waals surface area (Å²) in [5.41, 5.74) is 3.35. The first kappa shape index (κ1) is 15.6. The maximum absolute atomic E-state index is 10.3. The molecular weight excluding hydrogens is 260 g/mol. The van der Waals surface area contributed by atoms with Crippen molar-refractivity contribution in [1.29, 1.82) is 0 Å². The molecule has 1 aromatic rings. The van der Waals surface area contributed by atoms with Crippen LogP contribution < -0.4 is 0 Å². The lowest BCUT2D eigenvalue weighted by Crippen LogP contribution is -1.88. The molecule has 1 fully saturated rings. The zero-order valence-electron chi connectivity index (χ0n) is 12.9. The fourth-order valence-electron chi connectivity index (χ4n) is 3.02. The quantitative estimate of drug-likeness (QED) is 0.649. The molecule has 2 heteroatoms. The van der Waals surface area contributed by atoms with Crippen molar-refractivity contribution >= 4 is 12.0 Å². The number of carboxylic acids is 1. The van der Waals surface area contributed by atoms with E-state index in [4.69, 9.17) is 5.11 Å². The highest BCUT2D eigenvalue weighted by molar-refractivity contribution is 5.85. The van der Waals surface area contributed by atoms with Crippen LogP contribution in [-0.4, -0.2) is 11.1 Å². The van der Waals surface area contributed by atoms with Gasteiger partial charge in [-0.15, -0.1) is 0 Å². The highest BCUT2D eigenvalue weighted by atomic mass is 16.4. The molecule has 2 aliphatic rings. The van der Waals surface area contributed by atoms with Gasteiger partial charge in [0.05, 0.1) is 0 Å². The largest absolute Gasteiger partial charge is 0.478 e. The van der Waals surface area contributed by atoms with Gasteiger partial charge in [-0.25, -0.2) is 4.79 Å². The van der Waals surface area contributed by atoms with Gasteiger partial charge < -0.3 is 5.11 Å². The average molecular weight is 284 g/mol. The first-order valence-corrected chi connectivity index (χ1v) is 7.77. The van der Waals surface area contributed by atoms with Gasteiger partial charge in [-0.05, 0) is 67.2 Å². The lowest BCUT2D eigenvalue weighted by atomic mass is 10.0. The predicted molar refractivity (Wildman–Crippen MR) is 87.2 cm³/mol.